The SMILES string of the molecule is CCC(C(=O)NCC(=O)CSCc1ccccc1)n1cc(C(C)C)nc(NC/C(=N/O)C(C)=N)c1=O. The summed E-state index contributed by atoms with van der Waals surface area (Å²) in [6.07, 6.45) is 1.89. The van der Waals surface area contributed by atoms with Gasteiger partial charge in [-0.15, -0.1) is 11.8 Å². The molecular weight excluding hydrogens is 480 g/mol. The Bertz CT molecular complexity index is 1150. The molecule has 10 nitrogen and oxygen atoms in total. The molecule has 1 atom stereocenters. The van der Waals surface area contributed by atoms with Gasteiger partial charge in [-0.2, -0.15) is 0 Å². The van der Waals surface area contributed by atoms with Crippen LogP contribution >= 0.6 is 11.8 Å². The van der Waals surface area contributed by atoms with Crippen LogP contribution in [-0.2, 0) is 15.3 Å². The smallest absolute Gasteiger partial charge is 0.294 e. The number of hydrogen-bond acceptors (Lipinski definition) is 9. The first-order valence-corrected chi connectivity index (χ1v) is 12.9. The minimum Gasteiger partial charge on any atom is -0.411 e. The van der Waals surface area contributed by atoms with Gasteiger partial charge in [-0.1, -0.05) is 56.3 Å². The van der Waals surface area contributed by atoms with E-state index in [1.54, 1.807) is 13.1 Å². The van der Waals surface area contributed by atoms with Crippen LogP contribution in [0.15, 0.2) is 46.5 Å². The molecule has 0 aliphatic carbocycles. The summed E-state index contributed by atoms with van der Waals surface area (Å²) < 4.78 is 1.32. The molecule has 0 radical (unpaired) electrons. The van der Waals surface area contributed by atoms with Crippen molar-refractivity contribution in [2.75, 3.05) is 24.2 Å². The number of carbonyl (C=O) groups is 2. The van der Waals surface area contributed by atoms with E-state index < -0.39 is 17.5 Å². The second-order valence-electron chi connectivity index (χ2n) is 8.57. The highest BCUT2D eigenvalue weighted by Gasteiger charge is 2.23. The molecule has 2 aromatic rings. The number of benzene rings is 1. The number of aromatic nitrogens is 2. The molecule has 1 amide bonds. The minimum absolute atomic E-state index is 0.0109. The Kier molecular flexibility index (Phi) is 11.3. The number of anilines is 1. The molecule has 1 aromatic carbocycles. The topological polar surface area (TPSA) is 150 Å². The molecule has 0 saturated heterocycles. The van der Waals surface area contributed by atoms with Crippen LogP contribution in [0, 0.1) is 5.41 Å². The zero-order valence-corrected chi connectivity index (χ0v) is 21.9. The van der Waals surface area contributed by atoms with Crippen molar-refractivity contribution in [1.82, 2.24) is 14.9 Å². The lowest BCUT2D eigenvalue weighted by atomic mass is 10.1. The van der Waals surface area contributed by atoms with E-state index in [2.05, 4.69) is 20.8 Å². The Labute approximate surface area is 215 Å². The first-order valence-electron chi connectivity index (χ1n) is 11.7. The fourth-order valence-corrected chi connectivity index (χ4v) is 4.14. The van der Waals surface area contributed by atoms with E-state index in [0.29, 0.717) is 17.9 Å². The average molecular weight is 515 g/mol. The second-order valence-corrected chi connectivity index (χ2v) is 9.55. The molecule has 1 aromatic heterocycles. The van der Waals surface area contributed by atoms with Gasteiger partial charge >= 0.3 is 0 Å². The number of nitrogens with one attached hydrogen (secondary N) is 3. The maximum absolute atomic E-state index is 13.2. The highest BCUT2D eigenvalue weighted by atomic mass is 32.2. The zero-order chi connectivity index (χ0) is 26.7. The van der Waals surface area contributed by atoms with Crippen LogP contribution in [0.3, 0.4) is 0 Å². The van der Waals surface area contributed by atoms with Crippen molar-refractivity contribution in [3.8, 4) is 0 Å². The van der Waals surface area contributed by atoms with Gasteiger partial charge in [-0.05, 0) is 24.8 Å². The third-order valence-corrected chi connectivity index (χ3v) is 6.44. The molecular formula is C25H34N6O4S. The van der Waals surface area contributed by atoms with Gasteiger partial charge in [0.15, 0.2) is 11.6 Å². The number of ketones is 1. The van der Waals surface area contributed by atoms with Gasteiger partial charge in [0.1, 0.15) is 11.8 Å². The van der Waals surface area contributed by atoms with Crippen LogP contribution in [0.5, 0.6) is 0 Å². The Hall–Kier alpha value is -3.47. The summed E-state index contributed by atoms with van der Waals surface area (Å²) in [6.45, 7) is 6.88. The molecule has 0 spiro atoms. The third kappa shape index (κ3) is 8.33. The second kappa shape index (κ2) is 14.2. The van der Waals surface area contributed by atoms with Crippen LogP contribution < -0.4 is 16.2 Å². The number of thioether (sulfide) groups is 1. The van der Waals surface area contributed by atoms with Crippen LogP contribution in [-0.4, -0.2) is 56.7 Å². The number of Topliss-reactive ketones (excluding diaryl/α,β-unsaturated/α-hetero) is 1. The third-order valence-electron chi connectivity index (χ3n) is 5.38. The van der Waals surface area contributed by atoms with Gasteiger partial charge in [0.25, 0.3) is 5.56 Å². The van der Waals surface area contributed by atoms with Gasteiger partial charge < -0.3 is 21.3 Å². The van der Waals surface area contributed by atoms with Crippen LogP contribution in [0.4, 0.5) is 5.82 Å². The van der Waals surface area contributed by atoms with Gasteiger partial charge in [0.05, 0.1) is 30.2 Å². The van der Waals surface area contributed by atoms with Crippen molar-refractivity contribution in [2.45, 2.75) is 51.8 Å². The van der Waals surface area contributed by atoms with E-state index in [0.717, 1.165) is 5.56 Å². The lowest BCUT2D eigenvalue weighted by Crippen LogP contribution is -2.40. The Balaban J connectivity index is 2.10. The van der Waals surface area contributed by atoms with Crippen LogP contribution in [0.1, 0.15) is 57.3 Å². The molecule has 4 N–H and O–H groups in total. The first kappa shape index (κ1) is 28.8. The van der Waals surface area contributed by atoms with Gasteiger partial charge in [0.2, 0.25) is 5.91 Å². The molecule has 2 rings (SSSR count). The van der Waals surface area contributed by atoms with Crippen molar-refractivity contribution in [3.05, 3.63) is 58.1 Å². The minimum atomic E-state index is -0.834. The predicted octanol–water partition coefficient (Wildman–Crippen LogP) is 3.22. The normalized spacial score (nSPS) is 12.3. The summed E-state index contributed by atoms with van der Waals surface area (Å²) in [5.41, 5.74) is 1.30. The highest BCUT2D eigenvalue weighted by molar-refractivity contribution is 7.99. The van der Waals surface area contributed by atoms with Gasteiger partial charge in [-0.3, -0.25) is 19.0 Å². The molecule has 194 valence electrons. The molecule has 36 heavy (non-hydrogen) atoms. The van der Waals surface area contributed by atoms with Crippen molar-refractivity contribution in [1.29, 1.82) is 5.41 Å². The quantitative estimate of drug-likeness (QED) is 0.172. The maximum Gasteiger partial charge on any atom is 0.294 e. The van der Waals surface area contributed by atoms with E-state index in [1.807, 2.05) is 44.2 Å². The fraction of sp³-hybridized carbons (Fsp3) is 0.440. The van der Waals surface area contributed by atoms with E-state index in [-0.39, 0.29) is 47.8 Å². The Morgan fingerprint density at radius 3 is 2.50 bits per heavy atom. The summed E-state index contributed by atoms with van der Waals surface area (Å²) in [5.74, 6) is 0.400. The molecule has 0 aliphatic heterocycles. The number of carbonyl (C=O) groups excluding carboxylic acids is 2. The molecule has 0 fully saturated rings. The predicted molar refractivity (Wildman–Crippen MR) is 144 cm³/mol. The number of nitrogens with zero attached hydrogens (tertiary/aromatic N) is 3. The summed E-state index contributed by atoms with van der Waals surface area (Å²) in [5, 5.41) is 25.3. The van der Waals surface area contributed by atoms with Crippen LogP contribution in [0.2, 0.25) is 0 Å². The number of rotatable bonds is 14. The lowest BCUT2D eigenvalue weighted by molar-refractivity contribution is -0.127. The maximum atomic E-state index is 13.2. The lowest BCUT2D eigenvalue weighted by Gasteiger charge is -2.20. The van der Waals surface area contributed by atoms with Gasteiger partial charge in [-0.25, -0.2) is 4.98 Å². The monoisotopic (exact) mass is 514 g/mol. The summed E-state index contributed by atoms with van der Waals surface area (Å²) in [7, 11) is 0. The summed E-state index contributed by atoms with van der Waals surface area (Å²) in [4.78, 5) is 42.8. The van der Waals surface area contributed by atoms with E-state index in [9.17, 15) is 14.4 Å². The fourth-order valence-electron chi connectivity index (χ4n) is 3.28. The van der Waals surface area contributed by atoms with E-state index >= 15 is 0 Å². The van der Waals surface area contributed by atoms with E-state index in [1.165, 1.54) is 23.3 Å². The van der Waals surface area contributed by atoms with Crippen molar-refractivity contribution in [2.24, 2.45) is 5.16 Å². The first-order chi connectivity index (χ1) is 17.2. The Morgan fingerprint density at radius 2 is 1.92 bits per heavy atom. The number of amides is 1. The average Bonchev–Trinajstić information content (AvgIpc) is 2.85. The highest BCUT2D eigenvalue weighted by Crippen LogP contribution is 2.17. The zero-order valence-electron chi connectivity index (χ0n) is 21.1. The molecule has 0 bridgehead atoms. The van der Waals surface area contributed by atoms with Crippen molar-refractivity contribution >= 4 is 40.7 Å². The molecule has 0 aliphatic rings. The molecule has 11 heteroatoms. The summed E-state index contributed by atoms with van der Waals surface area (Å²) >= 11 is 1.48. The van der Waals surface area contributed by atoms with Crippen LogP contribution in [0.25, 0.3) is 0 Å². The van der Waals surface area contributed by atoms with E-state index in [4.69, 9.17) is 10.6 Å². The standard InChI is InChI=1S/C25H34N6O4S/c1-5-22(24(33)28-11-19(32)15-36-14-18-9-7-6-8-10-18)31-13-21(16(2)3)29-23(25(31)34)27-12-20(30-35)17(4)26/h6-10,13,16,22,26,35H,5,11-12,14-15H2,1-4H3,(H,27,29)(H,28,33)/b26-17?,30-20-. The molecule has 1 unspecified atom stereocenters. The number of hydrogen-bond donors (Lipinski definition) is 4. The molecule has 0 saturated carbocycles. The van der Waals surface area contributed by atoms with Crippen molar-refractivity contribution < 1.29 is 14.8 Å². The summed E-state index contributed by atoms with van der Waals surface area (Å²) in [6, 6.07) is 8.99. The molecule has 1 heterocycles. The Morgan fingerprint density at radius 1 is 1.22 bits per heavy atom. The van der Waals surface area contributed by atoms with Gasteiger partial charge in [0, 0.05) is 11.9 Å². The number of oxime groups is 1. The van der Waals surface area contributed by atoms with Crippen molar-refractivity contribution in [3.63, 3.8) is 0 Å². The largest absolute Gasteiger partial charge is 0.411 e.